The van der Waals surface area contributed by atoms with E-state index in [2.05, 4.69) is 42.2 Å². The average Bonchev–Trinajstić information content (AvgIpc) is 2.72. The fourth-order valence-electron chi connectivity index (χ4n) is 1.58. The van der Waals surface area contributed by atoms with Gasteiger partial charge >= 0.3 is 0 Å². The molecule has 0 saturated carbocycles. The molecule has 0 bridgehead atoms. The third kappa shape index (κ3) is 3.52. The summed E-state index contributed by atoms with van der Waals surface area (Å²) in [4.78, 5) is 15.7. The summed E-state index contributed by atoms with van der Waals surface area (Å²) in [6.45, 7) is 2.01. The van der Waals surface area contributed by atoms with Gasteiger partial charge in [0, 0.05) is 4.47 Å². The fourth-order valence-corrected chi connectivity index (χ4v) is 3.66. The van der Waals surface area contributed by atoms with E-state index in [1.807, 2.05) is 6.92 Å². The predicted octanol–water partition coefficient (Wildman–Crippen LogP) is 4.70. The second kappa shape index (κ2) is 6.28. The zero-order valence-corrected chi connectivity index (χ0v) is 14.0. The Morgan fingerprint density at radius 1 is 1.58 bits per heavy atom. The Balaban J connectivity index is 2.22. The van der Waals surface area contributed by atoms with Crippen LogP contribution in [0.4, 0.5) is 9.52 Å². The molecule has 0 radical (unpaired) electrons. The maximum absolute atomic E-state index is 13.7. The molecular weight excluding hydrogens is 399 g/mol. The Hall–Kier alpha value is -0.530. The van der Waals surface area contributed by atoms with Crippen LogP contribution >= 0.6 is 43.2 Å². The number of nitrogens with one attached hydrogen (secondary N) is 1. The molecule has 0 spiro atoms. The molecule has 19 heavy (non-hydrogen) atoms. The monoisotopic (exact) mass is 408 g/mol. The largest absolute Gasteiger partial charge is 0.301 e. The van der Waals surface area contributed by atoms with Gasteiger partial charge in [-0.05, 0) is 18.6 Å². The Labute approximate surface area is 130 Å². The number of carbonyl (C=O) groups excluding carboxylic acids is 1. The third-order valence-corrected chi connectivity index (χ3v) is 4.72. The summed E-state index contributed by atoms with van der Waals surface area (Å²) < 4.78 is 15.0. The van der Waals surface area contributed by atoms with Crippen molar-refractivity contribution in [2.45, 2.75) is 24.6 Å². The lowest BCUT2D eigenvalue weighted by atomic mass is 10.2. The molecule has 1 amide bonds. The zero-order valence-electron chi connectivity index (χ0n) is 10.0. The number of halogens is 3. The number of anilines is 1. The number of hydrogen-bond acceptors (Lipinski definition) is 3. The van der Waals surface area contributed by atoms with Gasteiger partial charge in [0.2, 0.25) is 5.91 Å². The number of benzene rings is 1. The molecule has 3 nitrogen and oxygen atoms in total. The van der Waals surface area contributed by atoms with Gasteiger partial charge in [0.15, 0.2) is 10.9 Å². The van der Waals surface area contributed by atoms with Crippen LogP contribution in [0.1, 0.15) is 19.8 Å². The predicted molar refractivity (Wildman–Crippen MR) is 83.5 cm³/mol. The molecule has 1 aromatic carbocycles. The Morgan fingerprint density at radius 2 is 2.32 bits per heavy atom. The topological polar surface area (TPSA) is 42.0 Å². The van der Waals surface area contributed by atoms with Crippen molar-refractivity contribution in [1.82, 2.24) is 4.98 Å². The van der Waals surface area contributed by atoms with Crippen molar-refractivity contribution in [3.63, 3.8) is 0 Å². The first-order valence-corrected chi connectivity index (χ1v) is 8.24. The quantitative estimate of drug-likeness (QED) is 0.743. The molecular formula is C12H11Br2FN2OS. The minimum atomic E-state index is -0.398. The van der Waals surface area contributed by atoms with Gasteiger partial charge < -0.3 is 5.32 Å². The van der Waals surface area contributed by atoms with Gasteiger partial charge in [0.1, 0.15) is 5.52 Å². The van der Waals surface area contributed by atoms with Gasteiger partial charge in [-0.2, -0.15) is 0 Å². The standard InChI is InChI=1S/C12H11Br2FN2OS/c1-2-3-7(14)11(18)17-12-16-10-8(15)4-6(13)5-9(10)19-12/h4-5,7H,2-3H2,1H3,(H,16,17,18)/t7-/m0/s1. The van der Waals surface area contributed by atoms with Crippen molar-refractivity contribution in [2.75, 3.05) is 5.32 Å². The molecule has 0 unspecified atom stereocenters. The van der Waals surface area contributed by atoms with Crippen molar-refractivity contribution in [3.8, 4) is 0 Å². The van der Waals surface area contributed by atoms with E-state index >= 15 is 0 Å². The third-order valence-electron chi connectivity index (χ3n) is 2.47. The summed E-state index contributed by atoms with van der Waals surface area (Å²) in [5, 5.41) is 3.12. The second-order valence-electron chi connectivity index (χ2n) is 4.00. The van der Waals surface area contributed by atoms with E-state index < -0.39 is 5.82 Å². The second-order valence-corrected chi connectivity index (χ2v) is 7.05. The first-order chi connectivity index (χ1) is 9.01. The normalized spacial score (nSPS) is 12.6. The van der Waals surface area contributed by atoms with Crippen LogP contribution in [0.5, 0.6) is 0 Å². The number of rotatable bonds is 4. The van der Waals surface area contributed by atoms with Gasteiger partial charge in [-0.3, -0.25) is 4.79 Å². The van der Waals surface area contributed by atoms with Crippen LogP contribution < -0.4 is 5.32 Å². The molecule has 2 aromatic rings. The summed E-state index contributed by atoms with van der Waals surface area (Å²) >= 11 is 7.80. The first-order valence-electron chi connectivity index (χ1n) is 5.71. The molecule has 102 valence electrons. The molecule has 1 heterocycles. The van der Waals surface area contributed by atoms with Crippen LogP contribution in [0.3, 0.4) is 0 Å². The minimum Gasteiger partial charge on any atom is -0.301 e. The number of carbonyl (C=O) groups is 1. The fraction of sp³-hybridized carbons (Fsp3) is 0.333. The molecule has 0 aliphatic rings. The Kier molecular flexibility index (Phi) is 4.92. The molecule has 0 aliphatic carbocycles. The highest BCUT2D eigenvalue weighted by Gasteiger charge is 2.16. The summed E-state index contributed by atoms with van der Waals surface area (Å²) in [5.41, 5.74) is 0.283. The van der Waals surface area contributed by atoms with Crippen LogP contribution in [0.2, 0.25) is 0 Å². The van der Waals surface area contributed by atoms with Crippen LogP contribution in [-0.2, 0) is 4.79 Å². The molecule has 2 rings (SSSR count). The molecule has 0 aliphatic heterocycles. The molecule has 1 N–H and O–H groups in total. The number of nitrogens with zero attached hydrogens (tertiary/aromatic N) is 1. The highest BCUT2D eigenvalue weighted by molar-refractivity contribution is 9.10. The van der Waals surface area contributed by atoms with E-state index in [1.54, 1.807) is 6.07 Å². The summed E-state index contributed by atoms with van der Waals surface area (Å²) in [6.07, 6.45) is 1.65. The van der Waals surface area contributed by atoms with Crippen molar-refractivity contribution in [3.05, 3.63) is 22.4 Å². The summed E-state index contributed by atoms with van der Waals surface area (Å²) in [5.74, 6) is -0.551. The number of hydrogen-bond donors (Lipinski definition) is 1. The van der Waals surface area contributed by atoms with Gasteiger partial charge in [-0.25, -0.2) is 9.37 Å². The highest BCUT2D eigenvalue weighted by Crippen LogP contribution is 2.31. The van der Waals surface area contributed by atoms with Crippen molar-refractivity contribution >= 4 is 64.5 Å². The van der Waals surface area contributed by atoms with Crippen molar-refractivity contribution in [1.29, 1.82) is 0 Å². The van der Waals surface area contributed by atoms with Crippen LogP contribution in [-0.4, -0.2) is 15.7 Å². The molecule has 0 fully saturated rings. The maximum Gasteiger partial charge on any atom is 0.239 e. The highest BCUT2D eigenvalue weighted by atomic mass is 79.9. The van der Waals surface area contributed by atoms with E-state index in [1.165, 1.54) is 17.4 Å². The van der Waals surface area contributed by atoms with E-state index in [0.29, 0.717) is 14.3 Å². The minimum absolute atomic E-state index is 0.152. The lowest BCUT2D eigenvalue weighted by Gasteiger charge is -2.06. The first kappa shape index (κ1) is 14.9. The smallest absolute Gasteiger partial charge is 0.239 e. The lowest BCUT2D eigenvalue weighted by molar-refractivity contribution is -0.115. The van der Waals surface area contributed by atoms with Gasteiger partial charge in [0.05, 0.1) is 9.53 Å². The van der Waals surface area contributed by atoms with Crippen molar-refractivity contribution < 1.29 is 9.18 Å². The van der Waals surface area contributed by atoms with Gasteiger partial charge in [-0.1, -0.05) is 56.5 Å². The SMILES string of the molecule is CCC[C@H](Br)C(=O)Nc1nc2c(F)cc(Br)cc2s1. The Morgan fingerprint density at radius 3 is 3.00 bits per heavy atom. The lowest BCUT2D eigenvalue weighted by Crippen LogP contribution is -2.22. The molecule has 0 saturated heterocycles. The number of thiazole rings is 1. The Bertz CT molecular complexity index is 617. The van der Waals surface area contributed by atoms with Crippen LogP contribution in [0, 0.1) is 5.82 Å². The summed E-state index contributed by atoms with van der Waals surface area (Å²) in [7, 11) is 0. The molecule has 7 heteroatoms. The number of aromatic nitrogens is 1. The molecule has 1 atom stereocenters. The van der Waals surface area contributed by atoms with E-state index in [-0.39, 0.29) is 16.3 Å². The van der Waals surface area contributed by atoms with E-state index in [9.17, 15) is 9.18 Å². The zero-order chi connectivity index (χ0) is 14.0. The van der Waals surface area contributed by atoms with E-state index in [0.717, 1.165) is 12.8 Å². The number of alkyl halides is 1. The van der Waals surface area contributed by atoms with E-state index in [4.69, 9.17) is 0 Å². The number of amides is 1. The summed E-state index contributed by atoms with van der Waals surface area (Å²) in [6, 6.07) is 3.14. The number of fused-ring (bicyclic) bond motifs is 1. The maximum atomic E-state index is 13.7. The van der Waals surface area contributed by atoms with Crippen molar-refractivity contribution in [2.24, 2.45) is 0 Å². The van der Waals surface area contributed by atoms with Gasteiger partial charge in [0.25, 0.3) is 0 Å². The van der Waals surface area contributed by atoms with Crippen LogP contribution in [0.25, 0.3) is 10.2 Å². The average molecular weight is 410 g/mol. The molecule has 1 aromatic heterocycles. The van der Waals surface area contributed by atoms with Gasteiger partial charge in [-0.15, -0.1) is 0 Å². The van der Waals surface area contributed by atoms with Crippen LogP contribution in [0.15, 0.2) is 16.6 Å².